The summed E-state index contributed by atoms with van der Waals surface area (Å²) >= 11 is 0. The number of para-hydroxylation sites is 1. The van der Waals surface area contributed by atoms with Crippen molar-refractivity contribution in [1.82, 2.24) is 0 Å². The van der Waals surface area contributed by atoms with Gasteiger partial charge in [0.15, 0.2) is 0 Å². The predicted molar refractivity (Wildman–Crippen MR) is 162 cm³/mol. The molecular formula is C32H33B2NO6VW. The van der Waals surface area contributed by atoms with Gasteiger partial charge < -0.3 is 24.1 Å². The van der Waals surface area contributed by atoms with Crippen LogP contribution in [0.5, 0.6) is 0 Å². The van der Waals surface area contributed by atoms with Gasteiger partial charge in [0.25, 0.3) is 0 Å². The van der Waals surface area contributed by atoms with Gasteiger partial charge in [0, 0.05) is 39.6 Å². The summed E-state index contributed by atoms with van der Waals surface area (Å²) in [5.41, 5.74) is 6.80. The number of carbonyl (C=O) groups excluding carboxylic acids is 1. The Bertz CT molecular complexity index is 1510. The SMILES string of the molecule is CC(C)(C)OC(=O)N(c1ccccc1)c1ccc2c(c1)B(O)OC2.OB1OCc2ccc(Cc3ccccc3)cc21.[V].[W]. The number of benzene rings is 4. The van der Waals surface area contributed by atoms with Crippen LogP contribution in [-0.4, -0.2) is 36.0 Å². The van der Waals surface area contributed by atoms with Crippen LogP contribution in [0.2, 0.25) is 0 Å². The average Bonchev–Trinajstić information content (AvgIpc) is 3.51. The molecule has 0 unspecified atom stereocenters. The summed E-state index contributed by atoms with van der Waals surface area (Å²) in [4.78, 5) is 14.2. The Labute approximate surface area is 280 Å². The third-order valence-corrected chi connectivity index (χ3v) is 6.76. The molecule has 2 heterocycles. The summed E-state index contributed by atoms with van der Waals surface area (Å²) in [6.45, 7) is 6.37. The molecule has 6 rings (SSSR count). The molecule has 1 amide bonds. The molecule has 0 saturated carbocycles. The second kappa shape index (κ2) is 15.4. The molecule has 1 radical (unpaired) electrons. The predicted octanol–water partition coefficient (Wildman–Crippen LogP) is 4.47. The number of nitrogens with zero attached hydrogens (tertiary/aromatic N) is 1. The van der Waals surface area contributed by atoms with E-state index in [0.717, 1.165) is 23.0 Å². The summed E-state index contributed by atoms with van der Waals surface area (Å²) in [6.07, 6.45) is 0.419. The van der Waals surface area contributed by atoms with Crippen LogP contribution in [0.1, 0.15) is 43.0 Å². The van der Waals surface area contributed by atoms with E-state index >= 15 is 0 Å². The van der Waals surface area contributed by atoms with Gasteiger partial charge in [-0.2, -0.15) is 0 Å². The maximum atomic E-state index is 12.8. The van der Waals surface area contributed by atoms with Crippen molar-refractivity contribution in [2.75, 3.05) is 4.90 Å². The molecule has 7 nitrogen and oxygen atoms in total. The van der Waals surface area contributed by atoms with E-state index in [1.165, 1.54) is 16.0 Å². The first-order valence-electron chi connectivity index (χ1n) is 13.6. The molecule has 0 fully saturated rings. The van der Waals surface area contributed by atoms with Crippen LogP contribution >= 0.6 is 0 Å². The van der Waals surface area contributed by atoms with Crippen molar-refractivity contribution < 1.29 is 68.5 Å². The first-order chi connectivity index (χ1) is 19.7. The molecule has 2 aliphatic heterocycles. The second-order valence-corrected chi connectivity index (χ2v) is 11.1. The maximum Gasteiger partial charge on any atom is 0.491 e. The van der Waals surface area contributed by atoms with E-state index in [1.54, 1.807) is 6.07 Å². The Morgan fingerprint density at radius 3 is 1.88 bits per heavy atom. The zero-order chi connectivity index (χ0) is 29.0. The fourth-order valence-electron chi connectivity index (χ4n) is 4.79. The first kappa shape index (κ1) is 34.9. The fourth-order valence-corrected chi connectivity index (χ4v) is 4.79. The molecule has 0 spiro atoms. The van der Waals surface area contributed by atoms with Gasteiger partial charge in [-0.1, -0.05) is 72.8 Å². The first-order valence-corrected chi connectivity index (χ1v) is 13.6. The smallest absolute Gasteiger partial charge is 0.443 e. The van der Waals surface area contributed by atoms with Crippen LogP contribution in [0.25, 0.3) is 0 Å². The van der Waals surface area contributed by atoms with Gasteiger partial charge in [0.05, 0.1) is 24.6 Å². The minimum Gasteiger partial charge on any atom is -0.443 e. The molecule has 2 N–H and O–H groups in total. The summed E-state index contributed by atoms with van der Waals surface area (Å²) in [5.74, 6) is 0. The van der Waals surface area contributed by atoms with E-state index in [9.17, 15) is 14.8 Å². The number of ether oxygens (including phenoxy) is 1. The molecule has 0 aromatic heterocycles. The van der Waals surface area contributed by atoms with Crippen LogP contribution in [0.3, 0.4) is 0 Å². The molecule has 43 heavy (non-hydrogen) atoms. The zero-order valence-electron chi connectivity index (χ0n) is 24.3. The zero-order valence-corrected chi connectivity index (χ0v) is 28.7. The fraction of sp³-hybridized carbons (Fsp3) is 0.219. The van der Waals surface area contributed by atoms with Gasteiger partial charge in [0.1, 0.15) is 5.60 Å². The standard InChI is InChI=1S/C18H20BNO4.C14H13BO2.V.W/c1-18(2,3)24-17(21)20(14-7-5-4-6-8-14)15-10-9-13-12-23-19(22)16(13)11-15;16-15-14-9-12(6-7-13(14)10-17-15)8-11-4-2-1-3-5-11;;/h4-11,22H,12H2,1-3H3;1-7,9,16H,8,10H2;;. The molecule has 0 atom stereocenters. The van der Waals surface area contributed by atoms with Crippen LogP contribution in [-0.2, 0) is 73.3 Å². The number of hydrogen-bond acceptors (Lipinski definition) is 6. The molecule has 4 aromatic carbocycles. The van der Waals surface area contributed by atoms with Crippen molar-refractivity contribution in [2.24, 2.45) is 0 Å². The Kier molecular flexibility index (Phi) is 12.5. The third kappa shape index (κ3) is 8.96. The van der Waals surface area contributed by atoms with Crippen molar-refractivity contribution in [2.45, 2.75) is 46.0 Å². The number of carbonyl (C=O) groups is 1. The molecular weight excluding hydrogens is 751 g/mol. The summed E-state index contributed by atoms with van der Waals surface area (Å²) < 4.78 is 16.0. The van der Waals surface area contributed by atoms with E-state index in [4.69, 9.17) is 14.0 Å². The van der Waals surface area contributed by atoms with Crippen molar-refractivity contribution in [3.05, 3.63) is 119 Å². The van der Waals surface area contributed by atoms with Gasteiger partial charge >= 0.3 is 20.3 Å². The topological polar surface area (TPSA) is 88.5 Å². The molecule has 4 aromatic rings. The van der Waals surface area contributed by atoms with Crippen LogP contribution < -0.4 is 15.8 Å². The van der Waals surface area contributed by atoms with Crippen LogP contribution in [0.4, 0.5) is 16.2 Å². The maximum absolute atomic E-state index is 12.8. The minimum atomic E-state index is -0.962. The summed E-state index contributed by atoms with van der Waals surface area (Å²) in [6, 6.07) is 31.3. The van der Waals surface area contributed by atoms with Gasteiger partial charge in [0.2, 0.25) is 0 Å². The summed E-state index contributed by atoms with van der Waals surface area (Å²) in [5, 5.41) is 19.6. The second-order valence-electron chi connectivity index (χ2n) is 11.1. The van der Waals surface area contributed by atoms with Crippen molar-refractivity contribution in [3.63, 3.8) is 0 Å². The number of hydrogen-bond donors (Lipinski definition) is 2. The number of amides is 1. The number of rotatable bonds is 4. The number of fused-ring (bicyclic) bond motifs is 2. The Hall–Kier alpha value is -2.61. The normalized spacial score (nSPS) is 13.0. The molecule has 11 heteroatoms. The van der Waals surface area contributed by atoms with Crippen molar-refractivity contribution in [1.29, 1.82) is 0 Å². The van der Waals surface area contributed by atoms with Crippen molar-refractivity contribution in [3.8, 4) is 0 Å². The van der Waals surface area contributed by atoms with E-state index in [1.807, 2.05) is 93.6 Å². The minimum absolute atomic E-state index is 0. The third-order valence-electron chi connectivity index (χ3n) is 6.76. The quantitative estimate of drug-likeness (QED) is 0.298. The van der Waals surface area contributed by atoms with Gasteiger partial charge in [-0.05, 0) is 84.6 Å². The van der Waals surface area contributed by atoms with Crippen LogP contribution in [0.15, 0.2) is 97.1 Å². The molecule has 0 bridgehead atoms. The van der Waals surface area contributed by atoms with Crippen LogP contribution in [0, 0.1) is 0 Å². The summed E-state index contributed by atoms with van der Waals surface area (Å²) in [7, 11) is -1.71. The number of anilines is 2. The van der Waals surface area contributed by atoms with Gasteiger partial charge in [-0.15, -0.1) is 0 Å². The monoisotopic (exact) mass is 784 g/mol. The van der Waals surface area contributed by atoms with E-state index in [0.29, 0.717) is 30.1 Å². The van der Waals surface area contributed by atoms with Crippen molar-refractivity contribution >= 4 is 42.6 Å². The average molecular weight is 784 g/mol. The van der Waals surface area contributed by atoms with E-state index in [-0.39, 0.29) is 39.6 Å². The Morgan fingerprint density at radius 1 is 0.767 bits per heavy atom. The van der Waals surface area contributed by atoms with E-state index < -0.39 is 25.9 Å². The Balaban J connectivity index is 0.000000236. The Morgan fingerprint density at radius 2 is 1.30 bits per heavy atom. The molecule has 0 saturated heterocycles. The van der Waals surface area contributed by atoms with E-state index in [2.05, 4.69) is 18.2 Å². The molecule has 2 aliphatic rings. The largest absolute Gasteiger partial charge is 0.491 e. The molecule has 219 valence electrons. The molecule has 0 aliphatic carbocycles. The van der Waals surface area contributed by atoms with Gasteiger partial charge in [-0.3, -0.25) is 0 Å². The van der Waals surface area contributed by atoms with Gasteiger partial charge in [-0.25, -0.2) is 9.69 Å².